The summed E-state index contributed by atoms with van der Waals surface area (Å²) in [4.78, 5) is 24.2. The Morgan fingerprint density at radius 2 is 1.96 bits per heavy atom. The number of unbranched alkanes of at least 4 members (excludes halogenated alkanes) is 2. The van der Waals surface area contributed by atoms with Gasteiger partial charge in [-0.3, -0.25) is 14.9 Å². The van der Waals surface area contributed by atoms with Crippen LogP contribution in [0.15, 0.2) is 52.8 Å². The van der Waals surface area contributed by atoms with Gasteiger partial charge in [-0.05, 0) is 73.5 Å². The number of nitrogens with one attached hydrogen (secondary N) is 1. The molecule has 4 nitrogen and oxygen atoms in total. The van der Waals surface area contributed by atoms with E-state index >= 15 is 0 Å². The van der Waals surface area contributed by atoms with Crippen molar-refractivity contribution in [3.63, 3.8) is 0 Å². The average molecular weight is 388 g/mol. The minimum Gasteiger partial charge on any atom is -0.485 e. The van der Waals surface area contributed by atoms with Gasteiger partial charge in [-0.15, -0.1) is 11.3 Å². The van der Waals surface area contributed by atoms with Crippen LogP contribution in [0, 0.1) is 0 Å². The molecule has 1 aliphatic rings. The summed E-state index contributed by atoms with van der Waals surface area (Å²) in [6.45, 7) is 2.06. The number of ether oxygens (including phenoxy) is 1. The highest BCUT2D eigenvalue weighted by Gasteiger charge is 2.24. The highest BCUT2D eigenvalue weighted by atomic mass is 32.2. The van der Waals surface area contributed by atoms with Crippen molar-refractivity contribution in [3.05, 3.63) is 63.2 Å². The Morgan fingerprint density at radius 3 is 2.62 bits per heavy atom. The van der Waals surface area contributed by atoms with Crippen molar-refractivity contribution in [1.29, 1.82) is 0 Å². The summed E-state index contributed by atoms with van der Waals surface area (Å²) in [6, 6.07) is 12.4. The first kappa shape index (κ1) is 18.7. The number of rotatable bonds is 8. The van der Waals surface area contributed by atoms with E-state index in [1.165, 1.54) is 10.4 Å². The van der Waals surface area contributed by atoms with Gasteiger partial charge >= 0.3 is 0 Å². The van der Waals surface area contributed by atoms with Crippen molar-refractivity contribution in [3.8, 4) is 5.75 Å². The molecule has 0 aliphatic carbocycles. The molecule has 1 fully saturated rings. The smallest absolute Gasteiger partial charge is 0.290 e. The van der Waals surface area contributed by atoms with Gasteiger partial charge in [-0.25, -0.2) is 0 Å². The molecule has 1 unspecified atom stereocenters. The van der Waals surface area contributed by atoms with Crippen LogP contribution in [0.1, 0.15) is 42.7 Å². The van der Waals surface area contributed by atoms with Gasteiger partial charge in [0, 0.05) is 4.88 Å². The molecule has 0 bridgehead atoms. The van der Waals surface area contributed by atoms with Crippen LogP contribution in [-0.2, 0) is 11.2 Å². The van der Waals surface area contributed by atoms with Crippen molar-refractivity contribution < 1.29 is 14.3 Å². The summed E-state index contributed by atoms with van der Waals surface area (Å²) in [6.07, 6.45) is 5.74. The lowest BCUT2D eigenvalue weighted by Gasteiger charge is -2.13. The van der Waals surface area contributed by atoms with E-state index in [-0.39, 0.29) is 17.3 Å². The fourth-order valence-corrected chi connectivity index (χ4v) is 4.09. The molecule has 2 aromatic rings. The highest BCUT2D eigenvalue weighted by molar-refractivity contribution is 8.18. The number of allylic oxidation sites excluding steroid dienone is 1. The summed E-state index contributed by atoms with van der Waals surface area (Å²) in [5, 5.41) is 4.05. The van der Waals surface area contributed by atoms with Gasteiger partial charge in [0.05, 0.1) is 4.91 Å². The Labute approximate surface area is 161 Å². The Kier molecular flexibility index (Phi) is 6.52. The molecule has 3 rings (SSSR count). The summed E-state index contributed by atoms with van der Waals surface area (Å²) in [5.74, 6) is 0.612. The first-order valence-electron chi connectivity index (χ1n) is 8.64. The molecule has 2 amide bonds. The molecular weight excluding hydrogens is 366 g/mol. The van der Waals surface area contributed by atoms with Crippen LogP contribution in [0.4, 0.5) is 4.79 Å². The van der Waals surface area contributed by atoms with Crippen LogP contribution in [-0.4, -0.2) is 11.1 Å². The number of carbonyl (C=O) groups excluding carboxylic acids is 2. The average Bonchev–Trinajstić information content (AvgIpc) is 3.26. The van der Waals surface area contributed by atoms with Crippen LogP contribution in [0.25, 0.3) is 0 Å². The molecule has 0 saturated carbocycles. The van der Waals surface area contributed by atoms with E-state index in [2.05, 4.69) is 35.8 Å². The highest BCUT2D eigenvalue weighted by Crippen LogP contribution is 2.26. The molecular formula is C20H21NO3S2. The van der Waals surface area contributed by atoms with Crippen molar-refractivity contribution in [2.24, 2.45) is 0 Å². The molecule has 1 aromatic carbocycles. The van der Waals surface area contributed by atoms with E-state index in [1.54, 1.807) is 11.3 Å². The number of thiophene rings is 1. The molecule has 1 saturated heterocycles. The molecule has 2 heterocycles. The van der Waals surface area contributed by atoms with Crippen molar-refractivity contribution in [2.75, 3.05) is 0 Å². The molecule has 1 N–H and O–H groups in total. The van der Waals surface area contributed by atoms with Gasteiger partial charge in [-0.1, -0.05) is 24.3 Å². The van der Waals surface area contributed by atoms with Crippen LogP contribution < -0.4 is 10.1 Å². The number of aryl methyl sites for hydroxylation is 1. The van der Waals surface area contributed by atoms with E-state index in [1.807, 2.05) is 24.3 Å². The maximum absolute atomic E-state index is 11.4. The van der Waals surface area contributed by atoms with Crippen molar-refractivity contribution >= 4 is 34.2 Å². The molecule has 1 aliphatic heterocycles. The summed E-state index contributed by atoms with van der Waals surface area (Å²) >= 11 is 2.69. The molecule has 0 radical (unpaired) electrons. The standard InChI is InChI=1S/C20H21NO3S2/c1-14(17-8-5-13-25-17)24-16-11-9-15(10-12-16)6-3-2-4-7-18-19(22)21-20(23)26-18/h5,7-14H,2-4,6H2,1H3,(H,21,22,23)/b18-7-. The zero-order valence-electron chi connectivity index (χ0n) is 14.6. The van der Waals surface area contributed by atoms with E-state index in [0.717, 1.165) is 43.2 Å². The lowest BCUT2D eigenvalue weighted by Crippen LogP contribution is -2.17. The minimum atomic E-state index is -0.281. The number of amides is 2. The van der Waals surface area contributed by atoms with Gasteiger partial charge < -0.3 is 4.74 Å². The molecule has 1 aromatic heterocycles. The monoisotopic (exact) mass is 387 g/mol. The van der Waals surface area contributed by atoms with E-state index in [9.17, 15) is 9.59 Å². The third kappa shape index (κ3) is 5.22. The van der Waals surface area contributed by atoms with E-state index in [4.69, 9.17) is 4.74 Å². The zero-order chi connectivity index (χ0) is 18.4. The molecule has 0 spiro atoms. The van der Waals surface area contributed by atoms with Gasteiger partial charge in [0.25, 0.3) is 11.1 Å². The summed E-state index contributed by atoms with van der Waals surface area (Å²) in [7, 11) is 0. The first-order valence-corrected chi connectivity index (χ1v) is 10.3. The number of carbonyl (C=O) groups is 2. The fourth-order valence-electron chi connectivity index (χ4n) is 2.69. The van der Waals surface area contributed by atoms with Gasteiger partial charge in [-0.2, -0.15) is 0 Å². The minimum absolute atomic E-state index is 0.0615. The largest absolute Gasteiger partial charge is 0.485 e. The fraction of sp³-hybridized carbons (Fsp3) is 0.300. The van der Waals surface area contributed by atoms with Crippen LogP contribution >= 0.6 is 23.1 Å². The maximum atomic E-state index is 11.4. The lowest BCUT2D eigenvalue weighted by molar-refractivity contribution is -0.115. The number of hydrogen-bond donors (Lipinski definition) is 1. The van der Waals surface area contributed by atoms with E-state index < -0.39 is 0 Å². The van der Waals surface area contributed by atoms with Crippen molar-refractivity contribution in [1.82, 2.24) is 5.32 Å². The summed E-state index contributed by atoms with van der Waals surface area (Å²) in [5.41, 5.74) is 1.27. The number of benzene rings is 1. The number of imide groups is 1. The lowest BCUT2D eigenvalue weighted by atomic mass is 10.1. The maximum Gasteiger partial charge on any atom is 0.290 e. The number of hydrogen-bond acceptors (Lipinski definition) is 5. The molecule has 6 heteroatoms. The molecule has 26 heavy (non-hydrogen) atoms. The topological polar surface area (TPSA) is 55.4 Å². The third-order valence-electron chi connectivity index (χ3n) is 4.07. The Balaban J connectivity index is 1.40. The zero-order valence-corrected chi connectivity index (χ0v) is 16.2. The number of thioether (sulfide) groups is 1. The predicted octanol–water partition coefficient (Wildman–Crippen LogP) is 5.47. The Hall–Kier alpha value is -2.05. The molecule has 136 valence electrons. The quantitative estimate of drug-likeness (QED) is 0.482. The SMILES string of the molecule is CC(Oc1ccc(CCCC/C=C2\SC(=O)NC2=O)cc1)c1cccs1. The van der Waals surface area contributed by atoms with Crippen LogP contribution in [0.2, 0.25) is 0 Å². The van der Waals surface area contributed by atoms with Crippen LogP contribution in [0.3, 0.4) is 0 Å². The third-order valence-corrected chi connectivity index (χ3v) is 5.96. The Bertz CT molecular complexity index is 782. The summed E-state index contributed by atoms with van der Waals surface area (Å²) < 4.78 is 5.97. The Morgan fingerprint density at radius 1 is 1.15 bits per heavy atom. The van der Waals surface area contributed by atoms with E-state index in [0.29, 0.717) is 4.91 Å². The predicted molar refractivity (Wildman–Crippen MR) is 107 cm³/mol. The van der Waals surface area contributed by atoms with Crippen molar-refractivity contribution in [2.45, 2.75) is 38.7 Å². The van der Waals surface area contributed by atoms with Gasteiger partial charge in [0.15, 0.2) is 0 Å². The molecule has 1 atom stereocenters. The second kappa shape index (κ2) is 9.05. The normalized spacial score (nSPS) is 16.7. The van der Waals surface area contributed by atoms with Gasteiger partial charge in [0.1, 0.15) is 11.9 Å². The first-order chi connectivity index (χ1) is 12.6. The van der Waals surface area contributed by atoms with Crippen LogP contribution in [0.5, 0.6) is 5.75 Å². The second-order valence-electron chi connectivity index (χ2n) is 6.08. The van der Waals surface area contributed by atoms with Gasteiger partial charge in [0.2, 0.25) is 0 Å². The second-order valence-corrected chi connectivity index (χ2v) is 8.07.